The first-order chi connectivity index (χ1) is 13.1. The second-order valence-corrected chi connectivity index (χ2v) is 6.67. The Labute approximate surface area is 166 Å². The van der Waals surface area contributed by atoms with E-state index in [1.807, 2.05) is 11.0 Å². The third-order valence-electron chi connectivity index (χ3n) is 4.30. The monoisotopic (exact) mass is 407 g/mol. The van der Waals surface area contributed by atoms with Crippen LogP contribution in [0.4, 0.5) is 5.69 Å². The largest absolute Gasteiger partial charge is 0.508 e. The van der Waals surface area contributed by atoms with Crippen LogP contribution in [0.15, 0.2) is 51.9 Å². The Morgan fingerprint density at radius 3 is 2.52 bits per heavy atom. The molecular formula is C20H19Cl2NO4. The number of alkyl halides is 2. The van der Waals surface area contributed by atoms with Crippen molar-refractivity contribution in [1.29, 1.82) is 0 Å². The molecule has 1 aromatic heterocycles. The number of rotatable bonds is 7. The van der Waals surface area contributed by atoms with Gasteiger partial charge in [-0.05, 0) is 29.8 Å². The zero-order valence-corrected chi connectivity index (χ0v) is 16.3. The maximum absolute atomic E-state index is 12.9. The number of benzene rings is 2. The summed E-state index contributed by atoms with van der Waals surface area (Å²) in [5, 5.41) is 9.96. The van der Waals surface area contributed by atoms with Gasteiger partial charge in [0.25, 0.3) is 0 Å². The maximum Gasteiger partial charge on any atom is 0.200 e. The van der Waals surface area contributed by atoms with Crippen molar-refractivity contribution in [1.82, 2.24) is 0 Å². The average Bonchev–Trinajstić information content (AvgIpc) is 2.67. The molecule has 0 bridgehead atoms. The van der Waals surface area contributed by atoms with Crippen molar-refractivity contribution in [2.75, 3.05) is 36.9 Å². The number of methoxy groups -OCH3 is 1. The molecule has 0 aliphatic carbocycles. The first-order valence-corrected chi connectivity index (χ1v) is 9.45. The van der Waals surface area contributed by atoms with E-state index >= 15 is 0 Å². The lowest BCUT2D eigenvalue weighted by Crippen LogP contribution is -2.28. The van der Waals surface area contributed by atoms with Gasteiger partial charge >= 0.3 is 0 Å². The van der Waals surface area contributed by atoms with Crippen LogP contribution in [0.1, 0.15) is 0 Å². The van der Waals surface area contributed by atoms with E-state index < -0.39 is 0 Å². The number of anilines is 1. The van der Waals surface area contributed by atoms with E-state index in [4.69, 9.17) is 32.4 Å². The molecule has 0 spiro atoms. The summed E-state index contributed by atoms with van der Waals surface area (Å²) in [6.45, 7) is 1.19. The van der Waals surface area contributed by atoms with Crippen molar-refractivity contribution >= 4 is 39.9 Å². The van der Waals surface area contributed by atoms with E-state index in [0.29, 0.717) is 52.7 Å². The highest BCUT2D eigenvalue weighted by atomic mass is 35.5. The summed E-state index contributed by atoms with van der Waals surface area (Å²) in [7, 11) is 1.59. The smallest absolute Gasteiger partial charge is 0.200 e. The first kappa shape index (κ1) is 19.4. The number of phenols is 1. The number of hydrogen-bond acceptors (Lipinski definition) is 5. The van der Waals surface area contributed by atoms with Gasteiger partial charge in [0.1, 0.15) is 23.3 Å². The fourth-order valence-electron chi connectivity index (χ4n) is 2.98. The van der Waals surface area contributed by atoms with E-state index in [1.54, 1.807) is 25.3 Å². The summed E-state index contributed by atoms with van der Waals surface area (Å²) in [4.78, 5) is 14.9. The van der Waals surface area contributed by atoms with E-state index in [9.17, 15) is 9.90 Å². The highest BCUT2D eigenvalue weighted by Crippen LogP contribution is 2.33. The number of ether oxygens (including phenoxy) is 1. The molecule has 2 aromatic carbocycles. The van der Waals surface area contributed by atoms with Gasteiger partial charge in [0.2, 0.25) is 0 Å². The van der Waals surface area contributed by atoms with Crippen LogP contribution in [0.25, 0.3) is 22.1 Å². The molecule has 27 heavy (non-hydrogen) atoms. The molecule has 0 aliphatic heterocycles. The maximum atomic E-state index is 12.9. The van der Waals surface area contributed by atoms with Crippen molar-refractivity contribution < 1.29 is 14.3 Å². The van der Waals surface area contributed by atoms with Gasteiger partial charge in [0.15, 0.2) is 5.43 Å². The fraction of sp³-hybridized carbons (Fsp3) is 0.250. The van der Waals surface area contributed by atoms with Crippen LogP contribution >= 0.6 is 23.2 Å². The minimum Gasteiger partial charge on any atom is -0.508 e. The molecule has 0 saturated heterocycles. The van der Waals surface area contributed by atoms with Crippen molar-refractivity contribution in [3.05, 3.63) is 52.9 Å². The van der Waals surface area contributed by atoms with Crippen LogP contribution < -0.4 is 15.1 Å². The Kier molecular flexibility index (Phi) is 6.14. The van der Waals surface area contributed by atoms with Crippen molar-refractivity contribution in [2.45, 2.75) is 0 Å². The molecule has 0 saturated carbocycles. The zero-order chi connectivity index (χ0) is 19.4. The fourth-order valence-corrected chi connectivity index (χ4v) is 3.39. The van der Waals surface area contributed by atoms with Gasteiger partial charge in [-0.25, -0.2) is 0 Å². The van der Waals surface area contributed by atoms with E-state index in [-0.39, 0.29) is 11.2 Å². The number of fused-ring (bicyclic) bond motifs is 1. The number of phenolic OH excluding ortho intramolecular Hbond substituents is 1. The molecule has 0 radical (unpaired) electrons. The molecular weight excluding hydrogens is 389 g/mol. The number of nitrogens with zero attached hydrogens (tertiary/aromatic N) is 1. The van der Waals surface area contributed by atoms with Crippen molar-refractivity contribution in [2.24, 2.45) is 0 Å². The summed E-state index contributed by atoms with van der Waals surface area (Å²) in [5.41, 5.74) is 2.09. The SMILES string of the molecule is COc1ccc(-c2coc3cc(O)ccc3c2=O)cc1N(CCCl)CCCl. The number of aromatic hydroxyl groups is 1. The lowest BCUT2D eigenvalue weighted by atomic mass is 10.0. The first-order valence-electron chi connectivity index (χ1n) is 8.39. The number of hydrogen-bond donors (Lipinski definition) is 1. The van der Waals surface area contributed by atoms with E-state index in [2.05, 4.69) is 0 Å². The van der Waals surface area contributed by atoms with Gasteiger partial charge in [-0.2, -0.15) is 0 Å². The van der Waals surface area contributed by atoms with Gasteiger partial charge in [0.05, 0.1) is 23.7 Å². The zero-order valence-electron chi connectivity index (χ0n) is 14.7. The third kappa shape index (κ3) is 3.99. The normalized spacial score (nSPS) is 10.9. The standard InChI is InChI=1S/C20H19Cl2NO4/c1-26-18-5-2-13(10-17(18)23(8-6-21)9-7-22)16-12-27-19-11-14(24)3-4-15(19)20(16)25/h2-5,10-12,24H,6-9H2,1H3. The average molecular weight is 408 g/mol. The predicted octanol–water partition coefficient (Wildman–Crippen LogP) is 4.46. The lowest BCUT2D eigenvalue weighted by Gasteiger charge is -2.25. The molecule has 3 aromatic rings. The molecule has 142 valence electrons. The highest BCUT2D eigenvalue weighted by Gasteiger charge is 2.16. The van der Waals surface area contributed by atoms with Gasteiger partial charge in [-0.15, -0.1) is 23.2 Å². The second-order valence-electron chi connectivity index (χ2n) is 5.91. The van der Waals surface area contributed by atoms with Gasteiger partial charge in [-0.1, -0.05) is 6.07 Å². The topological polar surface area (TPSA) is 62.9 Å². The molecule has 7 heteroatoms. The Bertz CT molecular complexity index is 997. The molecule has 0 amide bonds. The summed E-state index contributed by atoms with van der Waals surface area (Å²) in [6.07, 6.45) is 1.41. The molecule has 1 N–H and O–H groups in total. The Morgan fingerprint density at radius 2 is 1.85 bits per heavy atom. The quantitative estimate of drug-likeness (QED) is 0.585. The van der Waals surface area contributed by atoms with Crippen molar-refractivity contribution in [3.63, 3.8) is 0 Å². The van der Waals surface area contributed by atoms with Crippen LogP contribution in [0.2, 0.25) is 0 Å². The summed E-state index contributed by atoms with van der Waals surface area (Å²) in [6, 6.07) is 9.92. The molecule has 0 aliphatic rings. The van der Waals surface area contributed by atoms with Gasteiger partial charge in [0, 0.05) is 30.9 Å². The summed E-state index contributed by atoms with van der Waals surface area (Å²) < 4.78 is 11.0. The minimum atomic E-state index is -0.173. The Morgan fingerprint density at radius 1 is 1.11 bits per heavy atom. The summed E-state index contributed by atoms with van der Waals surface area (Å²) in [5.74, 6) is 1.59. The van der Waals surface area contributed by atoms with Crippen LogP contribution in [-0.2, 0) is 0 Å². The van der Waals surface area contributed by atoms with E-state index in [0.717, 1.165) is 5.69 Å². The molecule has 3 rings (SSSR count). The van der Waals surface area contributed by atoms with Crippen LogP contribution in [0, 0.1) is 0 Å². The van der Waals surface area contributed by atoms with Gasteiger partial charge < -0.3 is 19.2 Å². The van der Waals surface area contributed by atoms with Crippen LogP contribution in [0.5, 0.6) is 11.5 Å². The van der Waals surface area contributed by atoms with Crippen LogP contribution in [0.3, 0.4) is 0 Å². The second kappa shape index (κ2) is 8.55. The summed E-state index contributed by atoms with van der Waals surface area (Å²) >= 11 is 11.9. The minimum absolute atomic E-state index is 0.0444. The lowest BCUT2D eigenvalue weighted by molar-refractivity contribution is 0.414. The van der Waals surface area contributed by atoms with Crippen LogP contribution in [-0.4, -0.2) is 37.1 Å². The molecule has 0 unspecified atom stereocenters. The Balaban J connectivity index is 2.13. The van der Waals surface area contributed by atoms with E-state index in [1.165, 1.54) is 18.4 Å². The third-order valence-corrected chi connectivity index (χ3v) is 4.64. The van der Waals surface area contributed by atoms with Gasteiger partial charge in [-0.3, -0.25) is 4.79 Å². The van der Waals surface area contributed by atoms with Crippen molar-refractivity contribution in [3.8, 4) is 22.6 Å². The number of halogens is 2. The molecule has 1 heterocycles. The predicted molar refractivity (Wildman–Crippen MR) is 110 cm³/mol. The molecule has 0 fully saturated rings. The Hall–Kier alpha value is -2.37. The highest BCUT2D eigenvalue weighted by molar-refractivity contribution is 6.18. The molecule has 5 nitrogen and oxygen atoms in total. The molecule has 0 atom stereocenters.